The van der Waals surface area contributed by atoms with Crippen molar-refractivity contribution in [3.8, 4) is 22.1 Å². The maximum atomic E-state index is 12.6. The molecule has 0 radical (unpaired) electrons. The molecule has 0 fully saturated rings. The lowest BCUT2D eigenvalue weighted by molar-refractivity contribution is 0.0702. The van der Waals surface area contributed by atoms with Crippen molar-refractivity contribution >= 4 is 33.2 Å². The van der Waals surface area contributed by atoms with Crippen molar-refractivity contribution in [3.05, 3.63) is 51.3 Å². The van der Waals surface area contributed by atoms with E-state index in [2.05, 4.69) is 15.9 Å². The number of halogens is 1. The average molecular weight is 449 g/mol. The molecule has 0 atom stereocenters. The third-order valence-corrected chi connectivity index (χ3v) is 5.99. The van der Waals surface area contributed by atoms with E-state index in [1.165, 1.54) is 0 Å². The highest BCUT2D eigenvalue weighted by atomic mass is 79.9. The highest BCUT2D eigenvalue weighted by molar-refractivity contribution is 9.10. The molecule has 6 nitrogen and oxygen atoms in total. The third-order valence-electron chi connectivity index (χ3n) is 4.43. The van der Waals surface area contributed by atoms with Crippen LogP contribution in [0.1, 0.15) is 21.1 Å². The fourth-order valence-corrected chi connectivity index (χ4v) is 4.47. The molecular weight excluding hydrogens is 432 g/mol. The lowest BCUT2D eigenvalue weighted by Gasteiger charge is -2.25. The Balaban J connectivity index is 1.58. The molecule has 0 N–H and O–H groups in total. The number of benzene rings is 1. The first-order chi connectivity index (χ1) is 13.1. The summed E-state index contributed by atoms with van der Waals surface area (Å²) in [6.07, 6.45) is 0.729. The molecule has 0 saturated carbocycles. The van der Waals surface area contributed by atoms with Gasteiger partial charge in [0.2, 0.25) is 0 Å². The van der Waals surface area contributed by atoms with Crippen molar-refractivity contribution in [1.29, 1.82) is 0 Å². The average Bonchev–Trinajstić information content (AvgIpc) is 3.32. The van der Waals surface area contributed by atoms with Crippen LogP contribution < -0.4 is 9.47 Å². The number of nitrogens with zero attached hydrogens (tertiary/aromatic N) is 2. The summed E-state index contributed by atoms with van der Waals surface area (Å²) < 4.78 is 16.6. The SMILES string of the molecule is COc1ccc(-c2nc3c(s2)CN(C(=O)c2ccc(Br)o2)CC3)cc1OC. The van der Waals surface area contributed by atoms with E-state index in [4.69, 9.17) is 18.9 Å². The van der Waals surface area contributed by atoms with Crippen molar-refractivity contribution in [3.63, 3.8) is 0 Å². The van der Waals surface area contributed by atoms with Crippen LogP contribution in [0.4, 0.5) is 0 Å². The van der Waals surface area contributed by atoms with E-state index in [0.29, 0.717) is 35.0 Å². The van der Waals surface area contributed by atoms with E-state index in [0.717, 1.165) is 27.6 Å². The first-order valence-electron chi connectivity index (χ1n) is 8.34. The second-order valence-electron chi connectivity index (χ2n) is 6.04. The number of methoxy groups -OCH3 is 2. The van der Waals surface area contributed by atoms with Gasteiger partial charge in [-0.1, -0.05) is 0 Å². The van der Waals surface area contributed by atoms with Gasteiger partial charge in [-0.3, -0.25) is 4.79 Å². The third kappa shape index (κ3) is 3.46. The molecule has 1 amide bonds. The summed E-state index contributed by atoms with van der Waals surface area (Å²) in [5.74, 6) is 1.59. The van der Waals surface area contributed by atoms with Gasteiger partial charge in [0.25, 0.3) is 5.91 Å². The lowest BCUT2D eigenvalue weighted by Crippen LogP contribution is -2.35. The number of furan rings is 1. The first-order valence-corrected chi connectivity index (χ1v) is 9.95. The maximum absolute atomic E-state index is 12.6. The number of amides is 1. The summed E-state index contributed by atoms with van der Waals surface area (Å²) in [6, 6.07) is 9.18. The van der Waals surface area contributed by atoms with Crippen molar-refractivity contribution < 1.29 is 18.7 Å². The predicted molar refractivity (Wildman–Crippen MR) is 106 cm³/mol. The Morgan fingerprint density at radius 2 is 2.04 bits per heavy atom. The smallest absolute Gasteiger partial charge is 0.289 e. The zero-order valence-electron chi connectivity index (χ0n) is 14.8. The Bertz CT molecular complexity index is 998. The second kappa shape index (κ2) is 7.36. The fraction of sp³-hybridized carbons (Fsp3) is 0.263. The first kappa shape index (κ1) is 18.1. The number of rotatable bonds is 4. The van der Waals surface area contributed by atoms with Crippen LogP contribution in [0.15, 0.2) is 39.4 Å². The summed E-state index contributed by atoms with van der Waals surface area (Å²) in [6.45, 7) is 1.16. The molecule has 3 aromatic rings. The van der Waals surface area contributed by atoms with E-state index in [-0.39, 0.29) is 5.91 Å². The molecule has 1 aliphatic heterocycles. The van der Waals surface area contributed by atoms with E-state index < -0.39 is 0 Å². The van der Waals surface area contributed by atoms with Gasteiger partial charge in [-0.15, -0.1) is 11.3 Å². The number of fused-ring (bicyclic) bond motifs is 1. The molecule has 0 saturated heterocycles. The summed E-state index contributed by atoms with van der Waals surface area (Å²) in [4.78, 5) is 20.3. The normalized spacial score (nSPS) is 13.4. The zero-order valence-corrected chi connectivity index (χ0v) is 17.2. The fourth-order valence-electron chi connectivity index (χ4n) is 3.05. The minimum atomic E-state index is -0.104. The van der Waals surface area contributed by atoms with E-state index in [1.807, 2.05) is 18.2 Å². The number of carbonyl (C=O) groups excluding carboxylic acids is 1. The van der Waals surface area contributed by atoms with Crippen LogP contribution in [0.25, 0.3) is 10.6 Å². The van der Waals surface area contributed by atoms with Crippen LogP contribution >= 0.6 is 27.3 Å². The molecule has 4 rings (SSSR count). The quantitative estimate of drug-likeness (QED) is 0.592. The lowest BCUT2D eigenvalue weighted by atomic mass is 10.1. The van der Waals surface area contributed by atoms with Crippen LogP contribution in [0, 0.1) is 0 Å². The monoisotopic (exact) mass is 448 g/mol. The zero-order chi connectivity index (χ0) is 19.0. The molecule has 2 aromatic heterocycles. The van der Waals surface area contributed by atoms with Gasteiger partial charge in [0.1, 0.15) is 5.01 Å². The Hall–Kier alpha value is -2.32. The molecule has 0 aliphatic carbocycles. The Morgan fingerprint density at radius 1 is 1.22 bits per heavy atom. The molecule has 0 unspecified atom stereocenters. The number of aromatic nitrogens is 1. The summed E-state index contributed by atoms with van der Waals surface area (Å²) in [5.41, 5.74) is 2.02. The Labute approximate surface area is 168 Å². The van der Waals surface area contributed by atoms with Crippen LogP contribution in [-0.4, -0.2) is 36.6 Å². The van der Waals surface area contributed by atoms with Crippen LogP contribution in [0.5, 0.6) is 11.5 Å². The molecule has 27 heavy (non-hydrogen) atoms. The molecule has 1 aliphatic rings. The van der Waals surface area contributed by atoms with Gasteiger partial charge >= 0.3 is 0 Å². The van der Waals surface area contributed by atoms with Gasteiger partial charge in [-0.05, 0) is 46.3 Å². The van der Waals surface area contributed by atoms with E-state index in [9.17, 15) is 4.79 Å². The molecule has 0 spiro atoms. The summed E-state index contributed by atoms with van der Waals surface area (Å²) >= 11 is 4.84. The van der Waals surface area contributed by atoms with Crippen LogP contribution in [0.3, 0.4) is 0 Å². The second-order valence-corrected chi connectivity index (χ2v) is 7.90. The van der Waals surface area contributed by atoms with Crippen molar-refractivity contribution in [2.75, 3.05) is 20.8 Å². The number of ether oxygens (including phenoxy) is 2. The number of hydrogen-bond donors (Lipinski definition) is 0. The van der Waals surface area contributed by atoms with Crippen molar-refractivity contribution in [2.24, 2.45) is 0 Å². The minimum absolute atomic E-state index is 0.104. The van der Waals surface area contributed by atoms with E-state index in [1.54, 1.807) is 42.6 Å². The topological polar surface area (TPSA) is 64.8 Å². The van der Waals surface area contributed by atoms with Crippen LogP contribution in [-0.2, 0) is 13.0 Å². The largest absolute Gasteiger partial charge is 0.493 e. The highest BCUT2D eigenvalue weighted by Gasteiger charge is 2.27. The Kier molecular flexibility index (Phi) is 4.92. The van der Waals surface area contributed by atoms with Crippen molar-refractivity contribution in [2.45, 2.75) is 13.0 Å². The number of carbonyl (C=O) groups is 1. The van der Waals surface area contributed by atoms with Crippen molar-refractivity contribution in [1.82, 2.24) is 9.88 Å². The highest BCUT2D eigenvalue weighted by Crippen LogP contribution is 2.36. The van der Waals surface area contributed by atoms with Gasteiger partial charge in [-0.25, -0.2) is 4.98 Å². The molecule has 8 heteroatoms. The van der Waals surface area contributed by atoms with E-state index >= 15 is 0 Å². The van der Waals surface area contributed by atoms with Gasteiger partial charge < -0.3 is 18.8 Å². The Morgan fingerprint density at radius 3 is 2.74 bits per heavy atom. The van der Waals surface area contributed by atoms with Gasteiger partial charge in [0.05, 0.1) is 26.5 Å². The minimum Gasteiger partial charge on any atom is -0.493 e. The van der Waals surface area contributed by atoms with Crippen LogP contribution in [0.2, 0.25) is 0 Å². The summed E-state index contributed by atoms with van der Waals surface area (Å²) in [5, 5.41) is 0.913. The molecule has 1 aromatic carbocycles. The standard InChI is InChI=1S/C19H17BrN2O4S/c1-24-13-4-3-11(9-15(13)25-2)18-21-12-7-8-22(10-16(12)27-18)19(23)14-5-6-17(20)26-14/h3-6,9H,7-8,10H2,1-2H3. The predicted octanol–water partition coefficient (Wildman–Crippen LogP) is 4.38. The van der Waals surface area contributed by atoms with Gasteiger partial charge in [-0.2, -0.15) is 0 Å². The molecule has 3 heterocycles. The molecule has 0 bridgehead atoms. The number of hydrogen-bond acceptors (Lipinski definition) is 6. The van der Waals surface area contributed by atoms with Gasteiger partial charge in [0, 0.05) is 23.4 Å². The summed E-state index contributed by atoms with van der Waals surface area (Å²) in [7, 11) is 3.23. The maximum Gasteiger partial charge on any atom is 0.289 e. The van der Waals surface area contributed by atoms with Gasteiger partial charge in [0.15, 0.2) is 21.9 Å². The number of thiazole rings is 1. The molecule has 140 valence electrons. The molecular formula is C19H17BrN2O4S.